The maximum atomic E-state index is 14.2. The first-order chi connectivity index (χ1) is 14.5. The van der Waals surface area contributed by atoms with Crippen LogP contribution in [-0.4, -0.2) is 20.0 Å². The lowest BCUT2D eigenvalue weighted by Crippen LogP contribution is -2.40. The Labute approximate surface area is 180 Å². The molecular formula is C26H36F2O2. The fourth-order valence-corrected chi connectivity index (χ4v) is 4.29. The number of methoxy groups -OCH3 is 2. The normalized spacial score (nSPS) is 12.9. The van der Waals surface area contributed by atoms with E-state index in [0.29, 0.717) is 5.56 Å². The minimum absolute atomic E-state index is 0.0794. The van der Waals surface area contributed by atoms with E-state index < -0.39 is 17.4 Å². The van der Waals surface area contributed by atoms with Crippen LogP contribution in [0.25, 0.3) is 11.1 Å². The van der Waals surface area contributed by atoms with Gasteiger partial charge in [0.2, 0.25) is 0 Å². The van der Waals surface area contributed by atoms with Gasteiger partial charge in [-0.2, -0.15) is 0 Å². The Balaban J connectivity index is 2.22. The molecule has 0 fully saturated rings. The summed E-state index contributed by atoms with van der Waals surface area (Å²) in [6.45, 7) is 4.30. The SMILES string of the molecule is CCCCCCCCC(c1ccc(-c2ccc(F)cc2F)cc1)C(CC)(OC)OC. The zero-order valence-corrected chi connectivity index (χ0v) is 18.8. The molecular weight excluding hydrogens is 382 g/mol. The van der Waals surface area contributed by atoms with E-state index in [2.05, 4.69) is 13.8 Å². The van der Waals surface area contributed by atoms with Crippen LogP contribution in [0.3, 0.4) is 0 Å². The van der Waals surface area contributed by atoms with Crippen molar-refractivity contribution in [3.8, 4) is 11.1 Å². The minimum Gasteiger partial charge on any atom is -0.353 e. The van der Waals surface area contributed by atoms with Gasteiger partial charge in [0.25, 0.3) is 0 Å². The van der Waals surface area contributed by atoms with Crippen LogP contribution >= 0.6 is 0 Å². The van der Waals surface area contributed by atoms with Gasteiger partial charge in [0.05, 0.1) is 0 Å². The Morgan fingerprint density at radius 1 is 0.833 bits per heavy atom. The predicted molar refractivity (Wildman–Crippen MR) is 120 cm³/mol. The van der Waals surface area contributed by atoms with Crippen molar-refractivity contribution in [3.05, 3.63) is 59.7 Å². The fourth-order valence-electron chi connectivity index (χ4n) is 4.29. The molecule has 1 unspecified atom stereocenters. The highest BCUT2D eigenvalue weighted by Gasteiger charge is 2.38. The summed E-state index contributed by atoms with van der Waals surface area (Å²) in [5.74, 6) is -1.73. The first-order valence-electron chi connectivity index (χ1n) is 11.2. The molecule has 166 valence electrons. The summed E-state index contributed by atoms with van der Waals surface area (Å²) < 4.78 is 39.1. The van der Waals surface area contributed by atoms with Gasteiger partial charge in [0.1, 0.15) is 11.6 Å². The molecule has 30 heavy (non-hydrogen) atoms. The zero-order valence-electron chi connectivity index (χ0n) is 18.8. The van der Waals surface area contributed by atoms with Gasteiger partial charge in [-0.25, -0.2) is 8.78 Å². The van der Waals surface area contributed by atoms with Crippen molar-refractivity contribution in [1.82, 2.24) is 0 Å². The molecule has 2 nitrogen and oxygen atoms in total. The molecule has 0 spiro atoms. The molecule has 2 aromatic carbocycles. The number of benzene rings is 2. The molecule has 0 aromatic heterocycles. The van der Waals surface area contributed by atoms with Crippen LogP contribution in [0, 0.1) is 11.6 Å². The maximum absolute atomic E-state index is 14.2. The van der Waals surface area contributed by atoms with Crippen molar-refractivity contribution in [2.45, 2.75) is 76.9 Å². The van der Waals surface area contributed by atoms with Crippen LogP contribution in [-0.2, 0) is 9.47 Å². The Morgan fingerprint density at radius 3 is 2.03 bits per heavy atom. The summed E-state index contributed by atoms with van der Waals surface area (Å²) in [6, 6.07) is 11.5. The van der Waals surface area contributed by atoms with Gasteiger partial charge in [-0.1, -0.05) is 76.6 Å². The fraction of sp³-hybridized carbons (Fsp3) is 0.538. The van der Waals surface area contributed by atoms with Gasteiger partial charge in [-0.3, -0.25) is 0 Å². The van der Waals surface area contributed by atoms with E-state index in [0.717, 1.165) is 36.5 Å². The molecule has 0 saturated carbocycles. The maximum Gasteiger partial charge on any atom is 0.174 e. The lowest BCUT2D eigenvalue weighted by molar-refractivity contribution is -0.225. The van der Waals surface area contributed by atoms with E-state index in [-0.39, 0.29) is 5.92 Å². The molecule has 0 heterocycles. The lowest BCUT2D eigenvalue weighted by atomic mass is 9.83. The van der Waals surface area contributed by atoms with Crippen molar-refractivity contribution in [2.24, 2.45) is 0 Å². The monoisotopic (exact) mass is 418 g/mol. The molecule has 0 N–H and O–H groups in total. The van der Waals surface area contributed by atoms with Crippen LogP contribution in [0.1, 0.15) is 76.7 Å². The van der Waals surface area contributed by atoms with Gasteiger partial charge in [0.15, 0.2) is 5.79 Å². The Kier molecular flexibility index (Phi) is 9.93. The van der Waals surface area contributed by atoms with Crippen molar-refractivity contribution in [3.63, 3.8) is 0 Å². The molecule has 0 amide bonds. The van der Waals surface area contributed by atoms with E-state index in [1.165, 1.54) is 44.2 Å². The van der Waals surface area contributed by atoms with Gasteiger partial charge in [0, 0.05) is 31.8 Å². The zero-order chi connectivity index (χ0) is 22.0. The summed E-state index contributed by atoms with van der Waals surface area (Å²) >= 11 is 0. The number of hydrogen-bond acceptors (Lipinski definition) is 2. The minimum atomic E-state index is -0.688. The van der Waals surface area contributed by atoms with E-state index in [1.54, 1.807) is 14.2 Å². The van der Waals surface area contributed by atoms with E-state index in [9.17, 15) is 8.78 Å². The largest absolute Gasteiger partial charge is 0.353 e. The topological polar surface area (TPSA) is 18.5 Å². The van der Waals surface area contributed by atoms with E-state index in [4.69, 9.17) is 9.47 Å². The third-order valence-electron chi connectivity index (χ3n) is 6.12. The quantitative estimate of drug-likeness (QED) is 0.243. The summed E-state index contributed by atoms with van der Waals surface area (Å²) in [5.41, 5.74) is 2.24. The molecule has 0 aliphatic heterocycles. The Morgan fingerprint density at radius 2 is 1.47 bits per heavy atom. The van der Waals surface area contributed by atoms with Crippen molar-refractivity contribution in [2.75, 3.05) is 14.2 Å². The van der Waals surface area contributed by atoms with E-state index in [1.807, 2.05) is 24.3 Å². The number of hydrogen-bond donors (Lipinski definition) is 0. The van der Waals surface area contributed by atoms with Crippen LogP contribution in [0.5, 0.6) is 0 Å². The molecule has 1 atom stereocenters. The molecule has 0 bridgehead atoms. The summed E-state index contributed by atoms with van der Waals surface area (Å²) in [7, 11) is 3.40. The summed E-state index contributed by atoms with van der Waals surface area (Å²) in [6.07, 6.45) is 9.07. The van der Waals surface area contributed by atoms with Crippen molar-refractivity contribution in [1.29, 1.82) is 0 Å². The second-order valence-corrected chi connectivity index (χ2v) is 7.93. The number of unbranched alkanes of at least 4 members (excludes halogenated alkanes) is 5. The van der Waals surface area contributed by atoms with Gasteiger partial charge < -0.3 is 9.47 Å². The Hall–Kier alpha value is -1.78. The Bertz CT molecular complexity index is 746. The first-order valence-corrected chi connectivity index (χ1v) is 11.2. The molecule has 0 aliphatic carbocycles. The van der Waals surface area contributed by atoms with Crippen LogP contribution in [0.4, 0.5) is 8.78 Å². The highest BCUT2D eigenvalue weighted by molar-refractivity contribution is 5.64. The lowest BCUT2D eigenvalue weighted by Gasteiger charge is -2.38. The molecule has 0 radical (unpaired) electrons. The predicted octanol–water partition coefficient (Wildman–Crippen LogP) is 7.87. The van der Waals surface area contributed by atoms with Crippen LogP contribution in [0.2, 0.25) is 0 Å². The second-order valence-electron chi connectivity index (χ2n) is 7.93. The average molecular weight is 419 g/mol. The van der Waals surface area contributed by atoms with Crippen molar-refractivity contribution >= 4 is 0 Å². The van der Waals surface area contributed by atoms with Crippen molar-refractivity contribution < 1.29 is 18.3 Å². The highest BCUT2D eigenvalue weighted by atomic mass is 19.1. The summed E-state index contributed by atoms with van der Waals surface area (Å²) in [5, 5.41) is 0. The summed E-state index contributed by atoms with van der Waals surface area (Å²) in [4.78, 5) is 0. The third kappa shape index (κ3) is 6.12. The van der Waals surface area contributed by atoms with Gasteiger partial charge in [-0.05, 0) is 36.1 Å². The third-order valence-corrected chi connectivity index (χ3v) is 6.12. The number of ether oxygens (including phenoxy) is 2. The standard InChI is InChI=1S/C26H36F2O2/c1-5-7-8-9-10-11-12-24(26(6-2,29-3)30-4)21-15-13-20(14-16-21)23-18-17-22(27)19-25(23)28/h13-19,24H,5-12H2,1-4H3. The molecule has 0 aliphatic rings. The number of rotatable bonds is 13. The molecule has 2 aromatic rings. The van der Waals surface area contributed by atoms with Gasteiger partial charge in [-0.15, -0.1) is 0 Å². The van der Waals surface area contributed by atoms with Crippen LogP contribution in [0.15, 0.2) is 42.5 Å². The molecule has 4 heteroatoms. The van der Waals surface area contributed by atoms with Gasteiger partial charge >= 0.3 is 0 Å². The van der Waals surface area contributed by atoms with E-state index >= 15 is 0 Å². The second kappa shape index (κ2) is 12.2. The first kappa shape index (κ1) is 24.5. The molecule has 2 rings (SSSR count). The highest BCUT2D eigenvalue weighted by Crippen LogP contribution is 2.39. The smallest absolute Gasteiger partial charge is 0.174 e. The van der Waals surface area contributed by atoms with Crippen LogP contribution < -0.4 is 0 Å². The average Bonchev–Trinajstić information content (AvgIpc) is 2.76. The molecule has 0 saturated heterocycles. The number of halogens is 2.